The zero-order valence-corrected chi connectivity index (χ0v) is 20.3. The second-order valence-electron chi connectivity index (χ2n) is 8.69. The number of rotatable bonds is 22. The van der Waals surface area contributed by atoms with Crippen molar-refractivity contribution in [3.8, 4) is 0 Å². The van der Waals surface area contributed by atoms with Gasteiger partial charge < -0.3 is 15.6 Å². The summed E-state index contributed by atoms with van der Waals surface area (Å²) in [4.78, 5) is 10.1. The van der Waals surface area contributed by atoms with Crippen LogP contribution in [-0.2, 0) is 4.79 Å². The second kappa shape index (κ2) is 29.6. The lowest BCUT2D eigenvalue weighted by Gasteiger charge is -2.03. The van der Waals surface area contributed by atoms with Gasteiger partial charge in [-0.25, -0.2) is 0 Å². The molecule has 0 saturated carbocycles. The summed E-state index contributed by atoms with van der Waals surface area (Å²) in [6.07, 6.45) is 28.3. The SMILES string of the molecule is CCCCCCCCCCCCCC(=O)[O-].CCCCCCCCCCCC[NH3+]. The Morgan fingerprint density at radius 3 is 1.07 bits per heavy atom. The van der Waals surface area contributed by atoms with Crippen LogP contribution in [0.3, 0.4) is 0 Å². The number of hydrogen-bond donors (Lipinski definition) is 1. The minimum atomic E-state index is -0.907. The van der Waals surface area contributed by atoms with Crippen LogP contribution >= 0.6 is 0 Å². The van der Waals surface area contributed by atoms with Gasteiger partial charge in [-0.3, -0.25) is 0 Å². The fourth-order valence-corrected chi connectivity index (χ4v) is 3.60. The normalized spacial score (nSPS) is 10.6. The van der Waals surface area contributed by atoms with Crippen molar-refractivity contribution in [3.05, 3.63) is 0 Å². The molecule has 0 atom stereocenters. The molecule has 0 fully saturated rings. The molecule has 0 amide bonds. The van der Waals surface area contributed by atoms with Crippen LogP contribution in [0.2, 0.25) is 0 Å². The van der Waals surface area contributed by atoms with Gasteiger partial charge in [0.25, 0.3) is 0 Å². The van der Waals surface area contributed by atoms with E-state index in [1.807, 2.05) is 0 Å². The average Bonchev–Trinajstić information content (AvgIpc) is 2.71. The molecule has 0 aromatic rings. The van der Waals surface area contributed by atoms with Crippen molar-refractivity contribution in [3.63, 3.8) is 0 Å². The highest BCUT2D eigenvalue weighted by molar-refractivity contribution is 5.63. The highest BCUT2D eigenvalue weighted by atomic mass is 16.4. The summed E-state index contributed by atoms with van der Waals surface area (Å²) in [5, 5.41) is 10.1. The van der Waals surface area contributed by atoms with Crippen LogP contribution in [0.1, 0.15) is 155 Å². The topological polar surface area (TPSA) is 67.8 Å². The van der Waals surface area contributed by atoms with Crippen LogP contribution in [0, 0.1) is 0 Å². The summed E-state index contributed by atoms with van der Waals surface area (Å²) in [5.74, 6) is -0.907. The Morgan fingerprint density at radius 1 is 0.517 bits per heavy atom. The number of carboxylic acids is 1. The molecule has 0 spiro atoms. The van der Waals surface area contributed by atoms with Crippen LogP contribution in [0.15, 0.2) is 0 Å². The molecule has 3 heteroatoms. The predicted molar refractivity (Wildman–Crippen MR) is 126 cm³/mol. The third kappa shape index (κ3) is 35.3. The van der Waals surface area contributed by atoms with E-state index in [1.54, 1.807) is 0 Å². The number of hydrogen-bond acceptors (Lipinski definition) is 2. The van der Waals surface area contributed by atoms with E-state index in [2.05, 4.69) is 19.6 Å². The Labute approximate surface area is 183 Å². The molecular formula is C26H55NO2. The number of aliphatic carboxylic acids is 1. The molecule has 0 aliphatic carbocycles. The molecule has 0 bridgehead atoms. The number of carbonyl (C=O) groups excluding carboxylic acids is 1. The maximum absolute atomic E-state index is 10.1. The Balaban J connectivity index is 0. The summed E-state index contributed by atoms with van der Waals surface area (Å²) >= 11 is 0. The van der Waals surface area contributed by atoms with Crippen molar-refractivity contribution in [1.29, 1.82) is 0 Å². The third-order valence-electron chi connectivity index (χ3n) is 5.59. The zero-order chi connectivity index (χ0) is 21.8. The van der Waals surface area contributed by atoms with E-state index in [9.17, 15) is 9.90 Å². The minimum absolute atomic E-state index is 0.233. The van der Waals surface area contributed by atoms with Gasteiger partial charge in [0.2, 0.25) is 0 Å². The van der Waals surface area contributed by atoms with Gasteiger partial charge in [-0.1, -0.05) is 129 Å². The molecule has 176 valence electrons. The fraction of sp³-hybridized carbons (Fsp3) is 0.962. The van der Waals surface area contributed by atoms with Crippen LogP contribution in [0.5, 0.6) is 0 Å². The third-order valence-corrected chi connectivity index (χ3v) is 5.59. The highest BCUT2D eigenvalue weighted by Crippen LogP contribution is 2.12. The van der Waals surface area contributed by atoms with Crippen LogP contribution in [-0.4, -0.2) is 12.5 Å². The molecule has 0 aromatic carbocycles. The van der Waals surface area contributed by atoms with Crippen LogP contribution < -0.4 is 10.8 Å². The van der Waals surface area contributed by atoms with E-state index < -0.39 is 5.97 Å². The van der Waals surface area contributed by atoms with Gasteiger partial charge in [-0.15, -0.1) is 0 Å². The van der Waals surface area contributed by atoms with Gasteiger partial charge >= 0.3 is 0 Å². The molecule has 0 aliphatic heterocycles. The quantitative estimate of drug-likeness (QED) is 0.203. The van der Waals surface area contributed by atoms with Gasteiger partial charge in [-0.05, 0) is 25.7 Å². The van der Waals surface area contributed by atoms with Gasteiger partial charge in [0.1, 0.15) is 0 Å². The summed E-state index contributed by atoms with van der Waals surface area (Å²) in [5.41, 5.74) is 3.85. The van der Waals surface area contributed by atoms with Crippen LogP contribution in [0.4, 0.5) is 0 Å². The number of carboxylic acid groups (broad SMARTS) is 1. The molecule has 29 heavy (non-hydrogen) atoms. The number of carbonyl (C=O) groups is 1. The summed E-state index contributed by atoms with van der Waals surface area (Å²) in [6, 6.07) is 0. The molecule has 0 aromatic heterocycles. The minimum Gasteiger partial charge on any atom is -0.550 e. The van der Waals surface area contributed by atoms with Gasteiger partial charge in [0, 0.05) is 5.97 Å². The molecule has 0 rings (SSSR count). The van der Waals surface area contributed by atoms with Gasteiger partial charge in [0.15, 0.2) is 0 Å². The standard InChI is InChI=1S/C14H28O2.C12H27N/c1-2-3-4-5-6-7-8-9-10-11-12-13-14(15)16;1-2-3-4-5-6-7-8-9-10-11-12-13/h2-13H2,1H3,(H,15,16);2-13H2,1H3. The summed E-state index contributed by atoms with van der Waals surface area (Å²) in [6.45, 7) is 5.64. The van der Waals surface area contributed by atoms with Crippen LogP contribution in [0.25, 0.3) is 0 Å². The maximum Gasteiger partial charge on any atom is 0.0739 e. The van der Waals surface area contributed by atoms with E-state index >= 15 is 0 Å². The van der Waals surface area contributed by atoms with E-state index in [0.29, 0.717) is 0 Å². The van der Waals surface area contributed by atoms with Gasteiger partial charge in [-0.2, -0.15) is 0 Å². The molecule has 0 aliphatic rings. The van der Waals surface area contributed by atoms with E-state index in [-0.39, 0.29) is 6.42 Å². The molecule has 0 radical (unpaired) electrons. The Hall–Kier alpha value is -0.570. The lowest BCUT2D eigenvalue weighted by Crippen LogP contribution is -2.50. The van der Waals surface area contributed by atoms with E-state index in [4.69, 9.17) is 0 Å². The Kier molecular flexibility index (Phi) is 31.3. The van der Waals surface area contributed by atoms with Crippen molar-refractivity contribution in [2.45, 2.75) is 155 Å². The summed E-state index contributed by atoms with van der Waals surface area (Å²) in [7, 11) is 0. The zero-order valence-electron chi connectivity index (χ0n) is 20.3. The number of quaternary nitrogens is 1. The van der Waals surface area contributed by atoms with Crippen molar-refractivity contribution >= 4 is 5.97 Å². The van der Waals surface area contributed by atoms with Crippen molar-refractivity contribution in [2.75, 3.05) is 6.54 Å². The van der Waals surface area contributed by atoms with Crippen molar-refractivity contribution in [2.24, 2.45) is 0 Å². The lowest BCUT2D eigenvalue weighted by atomic mass is 10.1. The average molecular weight is 414 g/mol. The molecular weight excluding hydrogens is 358 g/mol. The molecule has 3 N–H and O–H groups in total. The highest BCUT2D eigenvalue weighted by Gasteiger charge is 1.93. The lowest BCUT2D eigenvalue weighted by molar-refractivity contribution is -0.368. The monoisotopic (exact) mass is 413 g/mol. The maximum atomic E-state index is 10.1. The van der Waals surface area contributed by atoms with Crippen molar-refractivity contribution < 1.29 is 15.6 Å². The largest absolute Gasteiger partial charge is 0.550 e. The first-order valence-corrected chi connectivity index (χ1v) is 13.2. The first kappa shape index (κ1) is 30.6. The van der Waals surface area contributed by atoms with E-state index in [0.717, 1.165) is 19.4 Å². The van der Waals surface area contributed by atoms with Crippen molar-refractivity contribution in [1.82, 2.24) is 0 Å². The molecule has 0 heterocycles. The Bertz CT molecular complexity index is 284. The first-order chi connectivity index (χ1) is 14.2. The van der Waals surface area contributed by atoms with Gasteiger partial charge in [0.05, 0.1) is 6.54 Å². The number of unbranched alkanes of at least 4 members (excludes halogenated alkanes) is 19. The van der Waals surface area contributed by atoms with E-state index in [1.165, 1.54) is 122 Å². The first-order valence-electron chi connectivity index (χ1n) is 13.2. The second-order valence-corrected chi connectivity index (χ2v) is 8.69. The fourth-order valence-electron chi connectivity index (χ4n) is 3.60. The predicted octanol–water partition coefficient (Wildman–Crippen LogP) is 6.59. The Morgan fingerprint density at radius 2 is 0.793 bits per heavy atom. The smallest absolute Gasteiger partial charge is 0.0739 e. The molecule has 3 nitrogen and oxygen atoms in total. The summed E-state index contributed by atoms with van der Waals surface area (Å²) < 4.78 is 0. The molecule has 0 saturated heterocycles. The molecule has 0 unspecified atom stereocenters.